The molecule has 0 fully saturated rings. The quantitative estimate of drug-likeness (QED) is 0.445. The molecular formula is C24H21ClN2O2. The molecule has 0 amide bonds. The van der Waals surface area contributed by atoms with Crippen molar-refractivity contribution >= 4 is 39.8 Å². The van der Waals surface area contributed by atoms with Crippen LogP contribution < -0.4 is 4.90 Å². The molecule has 4 rings (SSSR count). The number of fused-ring (bicyclic) bond motifs is 1. The van der Waals surface area contributed by atoms with Crippen LogP contribution in [0.1, 0.15) is 11.1 Å². The Bertz CT molecular complexity index is 1170. The number of benzene rings is 3. The second kappa shape index (κ2) is 8.02. The van der Waals surface area contributed by atoms with Gasteiger partial charge in [-0.3, -0.25) is 4.79 Å². The first-order valence-corrected chi connectivity index (χ1v) is 9.76. The smallest absolute Gasteiger partial charge is 0.307 e. The third-order valence-corrected chi connectivity index (χ3v) is 5.32. The average molecular weight is 405 g/mol. The first-order chi connectivity index (χ1) is 14.0. The van der Waals surface area contributed by atoms with Crippen LogP contribution in [-0.2, 0) is 17.8 Å². The first kappa shape index (κ1) is 19.1. The fourth-order valence-corrected chi connectivity index (χ4v) is 3.80. The number of rotatable bonds is 6. The van der Waals surface area contributed by atoms with Gasteiger partial charge in [-0.15, -0.1) is 0 Å². The molecule has 1 heterocycles. The van der Waals surface area contributed by atoms with Crippen molar-refractivity contribution in [1.82, 2.24) is 4.57 Å². The number of hydrogen-bond acceptors (Lipinski definition) is 2. The van der Waals surface area contributed by atoms with E-state index in [0.717, 1.165) is 33.4 Å². The number of anilines is 2. The normalized spacial score (nSPS) is 11.0. The molecule has 0 radical (unpaired) electrons. The third-order valence-electron chi connectivity index (χ3n) is 5.08. The molecule has 0 unspecified atom stereocenters. The Morgan fingerprint density at radius 1 is 1.00 bits per heavy atom. The zero-order chi connectivity index (χ0) is 20.4. The molecule has 0 saturated heterocycles. The van der Waals surface area contributed by atoms with E-state index in [4.69, 9.17) is 11.6 Å². The van der Waals surface area contributed by atoms with E-state index in [1.165, 1.54) is 0 Å². The van der Waals surface area contributed by atoms with Crippen LogP contribution >= 0.6 is 11.6 Å². The summed E-state index contributed by atoms with van der Waals surface area (Å²) in [5.74, 6) is -0.818. The highest BCUT2D eigenvalue weighted by molar-refractivity contribution is 6.30. The molecular weight excluding hydrogens is 384 g/mol. The molecule has 0 atom stereocenters. The minimum absolute atomic E-state index is 0.0247. The Labute approximate surface area is 174 Å². The summed E-state index contributed by atoms with van der Waals surface area (Å²) < 4.78 is 2.11. The second-order valence-corrected chi connectivity index (χ2v) is 7.51. The summed E-state index contributed by atoms with van der Waals surface area (Å²) in [5.41, 5.74) is 5.13. The van der Waals surface area contributed by atoms with Crippen molar-refractivity contribution in [2.75, 3.05) is 11.9 Å². The van der Waals surface area contributed by atoms with E-state index in [1.54, 1.807) is 0 Å². The van der Waals surface area contributed by atoms with Crippen molar-refractivity contribution in [2.24, 2.45) is 0 Å². The van der Waals surface area contributed by atoms with Gasteiger partial charge in [-0.05, 0) is 47.5 Å². The Morgan fingerprint density at radius 3 is 2.48 bits per heavy atom. The van der Waals surface area contributed by atoms with Crippen LogP contribution in [-0.4, -0.2) is 22.7 Å². The maximum Gasteiger partial charge on any atom is 0.307 e. The number of halogens is 1. The minimum atomic E-state index is -0.818. The van der Waals surface area contributed by atoms with Crippen LogP contribution in [0, 0.1) is 0 Å². The topological polar surface area (TPSA) is 45.5 Å². The molecule has 5 heteroatoms. The molecule has 0 aliphatic heterocycles. The van der Waals surface area contributed by atoms with Crippen LogP contribution in [0.4, 0.5) is 11.4 Å². The van der Waals surface area contributed by atoms with Crippen LogP contribution in [0.25, 0.3) is 10.9 Å². The number of aliphatic carboxylic acids is 1. The Kier molecular flexibility index (Phi) is 5.28. The second-order valence-electron chi connectivity index (χ2n) is 7.08. The number of hydrogen-bond donors (Lipinski definition) is 1. The molecule has 0 aliphatic carbocycles. The molecule has 29 heavy (non-hydrogen) atoms. The highest BCUT2D eigenvalue weighted by Gasteiger charge is 2.11. The molecule has 0 spiro atoms. The summed E-state index contributed by atoms with van der Waals surface area (Å²) in [6.07, 6.45) is 1.97. The molecule has 146 valence electrons. The maximum absolute atomic E-state index is 11.2. The third kappa shape index (κ3) is 4.13. The van der Waals surface area contributed by atoms with Gasteiger partial charge in [-0.25, -0.2) is 0 Å². The zero-order valence-corrected chi connectivity index (χ0v) is 16.8. The van der Waals surface area contributed by atoms with Crippen molar-refractivity contribution in [1.29, 1.82) is 0 Å². The SMILES string of the molecule is CN(c1ccc(Cn2cc(CC(=O)O)c3ccccc32)cc1)c1cccc(Cl)c1. The van der Waals surface area contributed by atoms with Gasteiger partial charge in [0.2, 0.25) is 0 Å². The van der Waals surface area contributed by atoms with Gasteiger partial charge in [0.1, 0.15) is 0 Å². The summed E-state index contributed by atoms with van der Waals surface area (Å²) in [7, 11) is 2.01. The van der Waals surface area contributed by atoms with E-state index in [1.807, 2.05) is 61.8 Å². The number of carboxylic acid groups (broad SMARTS) is 1. The largest absolute Gasteiger partial charge is 0.481 e. The molecule has 0 aliphatic rings. The lowest BCUT2D eigenvalue weighted by molar-refractivity contribution is -0.136. The van der Waals surface area contributed by atoms with Crippen molar-refractivity contribution in [3.8, 4) is 0 Å². The molecule has 3 aromatic carbocycles. The zero-order valence-electron chi connectivity index (χ0n) is 16.0. The highest BCUT2D eigenvalue weighted by atomic mass is 35.5. The molecule has 4 nitrogen and oxygen atoms in total. The standard InChI is InChI=1S/C24H21ClN2O2/c1-26(21-6-4-5-19(25)14-21)20-11-9-17(10-12-20)15-27-16-18(13-24(28)29)22-7-2-3-8-23(22)27/h2-12,14,16H,13,15H2,1H3,(H,28,29). The molecule has 0 bridgehead atoms. The van der Waals surface area contributed by atoms with E-state index >= 15 is 0 Å². The van der Waals surface area contributed by atoms with E-state index < -0.39 is 5.97 Å². The Hall–Kier alpha value is -3.24. The van der Waals surface area contributed by atoms with Gasteiger partial charge in [-0.2, -0.15) is 0 Å². The van der Waals surface area contributed by atoms with Gasteiger partial charge in [-0.1, -0.05) is 48.0 Å². The maximum atomic E-state index is 11.2. The Morgan fingerprint density at radius 2 is 1.76 bits per heavy atom. The van der Waals surface area contributed by atoms with Gasteiger partial charge in [0, 0.05) is 47.1 Å². The van der Waals surface area contributed by atoms with Crippen LogP contribution in [0.5, 0.6) is 0 Å². The van der Waals surface area contributed by atoms with E-state index in [-0.39, 0.29) is 6.42 Å². The molecule has 1 aromatic heterocycles. The van der Waals surface area contributed by atoms with Gasteiger partial charge < -0.3 is 14.6 Å². The number of para-hydroxylation sites is 1. The van der Waals surface area contributed by atoms with Crippen LogP contribution in [0.2, 0.25) is 5.02 Å². The van der Waals surface area contributed by atoms with Crippen molar-refractivity contribution in [2.45, 2.75) is 13.0 Å². The van der Waals surface area contributed by atoms with Crippen molar-refractivity contribution in [3.05, 3.63) is 95.1 Å². The lowest BCUT2D eigenvalue weighted by atomic mass is 10.1. The number of carboxylic acids is 1. The summed E-state index contributed by atoms with van der Waals surface area (Å²) in [6.45, 7) is 0.682. The van der Waals surface area contributed by atoms with Crippen LogP contribution in [0.15, 0.2) is 79.0 Å². The van der Waals surface area contributed by atoms with E-state index in [0.29, 0.717) is 11.6 Å². The average Bonchev–Trinajstić information content (AvgIpc) is 3.05. The number of aromatic nitrogens is 1. The predicted molar refractivity (Wildman–Crippen MR) is 118 cm³/mol. The van der Waals surface area contributed by atoms with E-state index in [2.05, 4.69) is 33.7 Å². The fraction of sp³-hybridized carbons (Fsp3) is 0.125. The molecule has 1 N–H and O–H groups in total. The van der Waals surface area contributed by atoms with Gasteiger partial charge in [0.05, 0.1) is 6.42 Å². The summed E-state index contributed by atoms with van der Waals surface area (Å²) >= 11 is 6.11. The molecule has 0 saturated carbocycles. The monoisotopic (exact) mass is 404 g/mol. The summed E-state index contributed by atoms with van der Waals surface area (Å²) in [5, 5.41) is 10.9. The van der Waals surface area contributed by atoms with E-state index in [9.17, 15) is 9.90 Å². The summed E-state index contributed by atoms with van der Waals surface area (Å²) in [6, 6.07) is 24.1. The lowest BCUT2D eigenvalue weighted by Gasteiger charge is -2.20. The van der Waals surface area contributed by atoms with Crippen molar-refractivity contribution < 1.29 is 9.90 Å². The summed E-state index contributed by atoms with van der Waals surface area (Å²) in [4.78, 5) is 13.3. The fourth-order valence-electron chi connectivity index (χ4n) is 3.61. The Balaban J connectivity index is 1.59. The number of carbonyl (C=O) groups is 1. The minimum Gasteiger partial charge on any atom is -0.481 e. The lowest BCUT2D eigenvalue weighted by Crippen LogP contribution is -2.09. The number of nitrogens with zero attached hydrogens (tertiary/aromatic N) is 2. The molecule has 4 aromatic rings. The van der Waals surface area contributed by atoms with Crippen LogP contribution in [0.3, 0.4) is 0 Å². The first-order valence-electron chi connectivity index (χ1n) is 9.38. The van der Waals surface area contributed by atoms with Gasteiger partial charge in [0.25, 0.3) is 0 Å². The predicted octanol–water partition coefficient (Wildman–Crippen LogP) is 5.74. The van der Waals surface area contributed by atoms with Crippen molar-refractivity contribution in [3.63, 3.8) is 0 Å². The van der Waals surface area contributed by atoms with Gasteiger partial charge in [0.15, 0.2) is 0 Å². The van der Waals surface area contributed by atoms with Gasteiger partial charge >= 0.3 is 5.97 Å². The highest BCUT2D eigenvalue weighted by Crippen LogP contribution is 2.27.